The number of phenols is 1. The van der Waals surface area contributed by atoms with Gasteiger partial charge in [0.2, 0.25) is 0 Å². The summed E-state index contributed by atoms with van der Waals surface area (Å²) in [4.78, 5) is 11.2. The topological polar surface area (TPSA) is 77.0 Å². The van der Waals surface area contributed by atoms with Gasteiger partial charge in [-0.15, -0.1) is 0 Å². The Hall–Kier alpha value is -2.11. The van der Waals surface area contributed by atoms with Gasteiger partial charge in [0.25, 0.3) is 0 Å². The van der Waals surface area contributed by atoms with Gasteiger partial charge in [0.1, 0.15) is 17.2 Å². The van der Waals surface area contributed by atoms with Gasteiger partial charge in [-0.1, -0.05) is 0 Å². The Bertz CT molecular complexity index is 460. The minimum atomic E-state index is -0.497. The lowest BCUT2D eigenvalue weighted by atomic mass is 10.0. The molecule has 2 rings (SSSR count). The van der Waals surface area contributed by atoms with Crippen molar-refractivity contribution >= 4 is 6.09 Å². The zero-order valence-corrected chi connectivity index (χ0v) is 10.2. The van der Waals surface area contributed by atoms with Crippen LogP contribution in [0.15, 0.2) is 12.1 Å². The molecular formula is C12H15NO5. The first-order valence-corrected chi connectivity index (χ1v) is 5.54. The second kappa shape index (κ2) is 5.03. The van der Waals surface area contributed by atoms with Crippen LogP contribution in [-0.4, -0.2) is 32.0 Å². The van der Waals surface area contributed by atoms with E-state index in [-0.39, 0.29) is 11.8 Å². The van der Waals surface area contributed by atoms with Gasteiger partial charge in [-0.3, -0.25) is 0 Å². The first-order valence-electron chi connectivity index (χ1n) is 5.54. The van der Waals surface area contributed by atoms with Crippen molar-refractivity contribution in [2.45, 2.75) is 12.5 Å². The SMILES string of the molecule is COc1cc(O)c([C@@H]2CCOC(=O)N2)c(OC)c1. The second-order valence-corrected chi connectivity index (χ2v) is 3.88. The van der Waals surface area contributed by atoms with Crippen molar-refractivity contribution < 1.29 is 24.1 Å². The summed E-state index contributed by atoms with van der Waals surface area (Å²) in [7, 11) is 3.00. The van der Waals surface area contributed by atoms with Crippen molar-refractivity contribution in [3.05, 3.63) is 17.7 Å². The number of aromatic hydroxyl groups is 1. The van der Waals surface area contributed by atoms with Crippen LogP contribution in [0, 0.1) is 0 Å². The molecule has 1 aliphatic heterocycles. The number of phenolic OH excluding ortho intramolecular Hbond substituents is 1. The Morgan fingerprint density at radius 2 is 2.17 bits per heavy atom. The van der Waals surface area contributed by atoms with Crippen molar-refractivity contribution in [3.8, 4) is 17.2 Å². The fraction of sp³-hybridized carbons (Fsp3) is 0.417. The standard InChI is InChI=1S/C12H15NO5/c1-16-7-5-9(14)11(10(6-7)17-2)8-3-4-18-12(15)13-8/h5-6,8,14H,3-4H2,1-2H3,(H,13,15)/t8-/m0/s1. The normalized spacial score (nSPS) is 18.8. The van der Waals surface area contributed by atoms with E-state index in [2.05, 4.69) is 5.32 Å². The Morgan fingerprint density at radius 1 is 1.39 bits per heavy atom. The number of hydrogen-bond donors (Lipinski definition) is 2. The maximum absolute atomic E-state index is 11.2. The number of alkyl carbamates (subject to hydrolysis) is 1. The van der Waals surface area contributed by atoms with Crippen molar-refractivity contribution in [1.29, 1.82) is 0 Å². The Kier molecular flexibility index (Phi) is 3.45. The molecule has 0 radical (unpaired) electrons. The summed E-state index contributed by atoms with van der Waals surface area (Å²) in [5, 5.41) is 12.7. The average molecular weight is 253 g/mol. The molecule has 6 heteroatoms. The van der Waals surface area contributed by atoms with Crippen molar-refractivity contribution in [3.63, 3.8) is 0 Å². The molecule has 1 aromatic carbocycles. The van der Waals surface area contributed by atoms with E-state index in [1.165, 1.54) is 20.3 Å². The first-order chi connectivity index (χ1) is 8.65. The highest BCUT2D eigenvalue weighted by Gasteiger charge is 2.27. The van der Waals surface area contributed by atoms with Gasteiger partial charge in [0.15, 0.2) is 0 Å². The van der Waals surface area contributed by atoms with Gasteiger partial charge in [0.05, 0.1) is 32.4 Å². The summed E-state index contributed by atoms with van der Waals surface area (Å²) >= 11 is 0. The number of rotatable bonds is 3. The molecule has 1 atom stereocenters. The van der Waals surface area contributed by atoms with E-state index in [9.17, 15) is 9.90 Å². The van der Waals surface area contributed by atoms with Crippen LogP contribution in [0.1, 0.15) is 18.0 Å². The number of hydrogen-bond acceptors (Lipinski definition) is 5. The fourth-order valence-electron chi connectivity index (χ4n) is 1.97. The predicted molar refractivity (Wildman–Crippen MR) is 63.1 cm³/mol. The van der Waals surface area contributed by atoms with E-state index >= 15 is 0 Å². The molecule has 98 valence electrons. The van der Waals surface area contributed by atoms with E-state index in [0.29, 0.717) is 30.1 Å². The quantitative estimate of drug-likeness (QED) is 0.855. The highest BCUT2D eigenvalue weighted by molar-refractivity contribution is 5.69. The van der Waals surface area contributed by atoms with Gasteiger partial charge < -0.3 is 24.6 Å². The molecule has 0 aliphatic carbocycles. The number of amides is 1. The molecule has 1 saturated heterocycles. The van der Waals surface area contributed by atoms with Crippen LogP contribution in [0.5, 0.6) is 17.2 Å². The third-order valence-corrected chi connectivity index (χ3v) is 2.83. The minimum Gasteiger partial charge on any atom is -0.507 e. The summed E-state index contributed by atoms with van der Waals surface area (Å²) < 4.78 is 15.1. The largest absolute Gasteiger partial charge is 0.507 e. The zero-order valence-electron chi connectivity index (χ0n) is 10.2. The third-order valence-electron chi connectivity index (χ3n) is 2.83. The van der Waals surface area contributed by atoms with Crippen LogP contribution in [0.3, 0.4) is 0 Å². The first kappa shape index (κ1) is 12.3. The summed E-state index contributed by atoms with van der Waals surface area (Å²) in [6.07, 6.45) is 0.0747. The molecule has 0 saturated carbocycles. The number of carbonyl (C=O) groups excluding carboxylic acids is 1. The zero-order chi connectivity index (χ0) is 13.1. The maximum Gasteiger partial charge on any atom is 0.407 e. The monoisotopic (exact) mass is 253 g/mol. The summed E-state index contributed by atoms with van der Waals surface area (Å²) in [5.41, 5.74) is 0.537. The van der Waals surface area contributed by atoms with Crippen LogP contribution in [0.25, 0.3) is 0 Å². The molecule has 1 aromatic rings. The molecule has 1 heterocycles. The van der Waals surface area contributed by atoms with Gasteiger partial charge in [-0.25, -0.2) is 4.79 Å². The highest BCUT2D eigenvalue weighted by Crippen LogP contribution is 2.39. The van der Waals surface area contributed by atoms with Crippen LogP contribution >= 0.6 is 0 Å². The minimum absolute atomic E-state index is 0.0263. The Labute approximate surface area is 104 Å². The van der Waals surface area contributed by atoms with Gasteiger partial charge in [0, 0.05) is 18.6 Å². The number of methoxy groups -OCH3 is 2. The van der Waals surface area contributed by atoms with Crippen LogP contribution < -0.4 is 14.8 Å². The Morgan fingerprint density at radius 3 is 2.78 bits per heavy atom. The average Bonchev–Trinajstić information content (AvgIpc) is 2.37. The predicted octanol–water partition coefficient (Wildman–Crippen LogP) is 1.58. The third kappa shape index (κ3) is 2.27. The summed E-state index contributed by atoms with van der Waals surface area (Å²) in [5.74, 6) is 0.990. The molecule has 0 aromatic heterocycles. The second-order valence-electron chi connectivity index (χ2n) is 3.88. The molecule has 1 aliphatic rings. The summed E-state index contributed by atoms with van der Waals surface area (Å²) in [6.45, 7) is 0.311. The van der Waals surface area contributed by atoms with Gasteiger partial charge in [-0.05, 0) is 0 Å². The Balaban J connectivity index is 2.39. The number of cyclic esters (lactones) is 1. The molecule has 0 bridgehead atoms. The highest BCUT2D eigenvalue weighted by atomic mass is 16.6. The molecule has 0 spiro atoms. The van der Waals surface area contributed by atoms with Crippen molar-refractivity contribution in [1.82, 2.24) is 5.32 Å². The molecule has 2 N–H and O–H groups in total. The maximum atomic E-state index is 11.2. The fourth-order valence-corrected chi connectivity index (χ4v) is 1.97. The smallest absolute Gasteiger partial charge is 0.407 e. The van der Waals surface area contributed by atoms with Gasteiger partial charge in [-0.2, -0.15) is 0 Å². The number of nitrogens with one attached hydrogen (secondary N) is 1. The lowest BCUT2D eigenvalue weighted by Crippen LogP contribution is -2.35. The lowest BCUT2D eigenvalue weighted by molar-refractivity contribution is 0.114. The van der Waals surface area contributed by atoms with Crippen molar-refractivity contribution in [2.75, 3.05) is 20.8 Å². The van der Waals surface area contributed by atoms with E-state index in [1.807, 2.05) is 0 Å². The number of benzene rings is 1. The van der Waals surface area contributed by atoms with E-state index in [1.54, 1.807) is 6.07 Å². The van der Waals surface area contributed by atoms with E-state index in [4.69, 9.17) is 14.2 Å². The molecule has 0 unspecified atom stereocenters. The lowest BCUT2D eigenvalue weighted by Gasteiger charge is -2.26. The molecule has 1 fully saturated rings. The number of carbonyl (C=O) groups is 1. The molecule has 18 heavy (non-hydrogen) atoms. The summed E-state index contributed by atoms with van der Waals surface area (Å²) in [6, 6.07) is 2.82. The van der Waals surface area contributed by atoms with E-state index < -0.39 is 6.09 Å². The molecular weight excluding hydrogens is 238 g/mol. The van der Waals surface area contributed by atoms with Crippen LogP contribution in [0.2, 0.25) is 0 Å². The van der Waals surface area contributed by atoms with E-state index in [0.717, 1.165) is 0 Å². The van der Waals surface area contributed by atoms with Crippen LogP contribution in [-0.2, 0) is 4.74 Å². The molecule has 1 amide bonds. The number of ether oxygens (including phenoxy) is 3. The van der Waals surface area contributed by atoms with Crippen molar-refractivity contribution in [2.24, 2.45) is 0 Å². The molecule has 6 nitrogen and oxygen atoms in total. The van der Waals surface area contributed by atoms with Gasteiger partial charge >= 0.3 is 6.09 Å². The van der Waals surface area contributed by atoms with Crippen LogP contribution in [0.4, 0.5) is 4.79 Å².